The molecule has 0 fully saturated rings. The highest BCUT2D eigenvalue weighted by Crippen LogP contribution is 2.19. The lowest BCUT2D eigenvalue weighted by Gasteiger charge is -2.12. The van der Waals surface area contributed by atoms with E-state index in [1.807, 2.05) is 37.3 Å². The zero-order valence-electron chi connectivity index (χ0n) is 12.4. The van der Waals surface area contributed by atoms with Crippen molar-refractivity contribution < 1.29 is 9.53 Å². The molecule has 0 aliphatic carbocycles. The average molecular weight is 285 g/mol. The smallest absolute Gasteiger partial charge is 0.251 e. The van der Waals surface area contributed by atoms with Crippen molar-refractivity contribution in [3.63, 3.8) is 0 Å². The van der Waals surface area contributed by atoms with Crippen LogP contribution in [0.5, 0.6) is 5.88 Å². The lowest BCUT2D eigenvalue weighted by Crippen LogP contribution is -2.19. The molecule has 0 saturated heterocycles. The maximum Gasteiger partial charge on any atom is 0.251 e. The lowest BCUT2D eigenvalue weighted by molar-refractivity contribution is 0.0962. The zero-order chi connectivity index (χ0) is 15.2. The van der Waals surface area contributed by atoms with Gasteiger partial charge in [-0.25, -0.2) is 4.98 Å². The van der Waals surface area contributed by atoms with E-state index in [0.717, 1.165) is 16.9 Å². The molecule has 1 amide bonds. The maximum absolute atomic E-state index is 11.8. The van der Waals surface area contributed by atoms with Gasteiger partial charge in [0.15, 0.2) is 0 Å². The van der Waals surface area contributed by atoms with Gasteiger partial charge in [0.25, 0.3) is 5.91 Å². The van der Waals surface area contributed by atoms with Crippen LogP contribution in [0.2, 0.25) is 0 Å². The van der Waals surface area contributed by atoms with Crippen molar-refractivity contribution >= 4 is 11.6 Å². The predicted octanol–water partition coefficient (Wildman–Crippen LogP) is 2.37. The molecule has 0 atom stereocenters. The van der Waals surface area contributed by atoms with Crippen molar-refractivity contribution in [3.05, 3.63) is 53.2 Å². The second-order valence-corrected chi connectivity index (χ2v) is 4.58. The number of amides is 1. The minimum atomic E-state index is -0.0874. The second kappa shape index (κ2) is 6.74. The van der Waals surface area contributed by atoms with Crippen molar-refractivity contribution in [1.82, 2.24) is 10.3 Å². The average Bonchev–Trinajstić information content (AvgIpc) is 2.53. The quantitative estimate of drug-likeness (QED) is 0.885. The minimum Gasteiger partial charge on any atom is -0.481 e. The number of aromatic nitrogens is 1. The fourth-order valence-corrected chi connectivity index (χ4v) is 2.06. The van der Waals surface area contributed by atoms with Crippen molar-refractivity contribution in [2.24, 2.45) is 0 Å². The van der Waals surface area contributed by atoms with Gasteiger partial charge in [0.2, 0.25) is 5.88 Å². The number of ether oxygens (including phenoxy) is 1. The number of hydrogen-bond acceptors (Lipinski definition) is 4. The Bertz CT molecular complexity index is 641. The second-order valence-electron chi connectivity index (χ2n) is 4.58. The summed E-state index contributed by atoms with van der Waals surface area (Å²) in [5.74, 6) is 0.501. The van der Waals surface area contributed by atoms with Gasteiger partial charge in [0.05, 0.1) is 19.3 Å². The molecular formula is C16H19N3O2. The van der Waals surface area contributed by atoms with Gasteiger partial charge in [-0.3, -0.25) is 4.79 Å². The van der Waals surface area contributed by atoms with Crippen molar-refractivity contribution in [1.29, 1.82) is 0 Å². The summed E-state index contributed by atoms with van der Waals surface area (Å²) in [5.41, 5.74) is 3.38. The Hall–Kier alpha value is -2.56. The summed E-state index contributed by atoms with van der Waals surface area (Å²) in [6.07, 6.45) is 0. The van der Waals surface area contributed by atoms with E-state index in [1.165, 1.54) is 0 Å². The van der Waals surface area contributed by atoms with Gasteiger partial charge in [0, 0.05) is 24.4 Å². The Morgan fingerprint density at radius 3 is 2.71 bits per heavy atom. The number of carbonyl (C=O) groups is 1. The van der Waals surface area contributed by atoms with Gasteiger partial charge < -0.3 is 15.4 Å². The Labute approximate surface area is 124 Å². The first-order valence-corrected chi connectivity index (χ1v) is 6.71. The van der Waals surface area contributed by atoms with Crippen LogP contribution in [-0.4, -0.2) is 25.0 Å². The molecule has 0 spiro atoms. The number of pyridine rings is 1. The van der Waals surface area contributed by atoms with Gasteiger partial charge in [-0.2, -0.15) is 0 Å². The van der Waals surface area contributed by atoms with E-state index in [2.05, 4.69) is 15.6 Å². The molecule has 0 saturated carbocycles. The molecule has 1 aromatic heterocycles. The van der Waals surface area contributed by atoms with E-state index in [-0.39, 0.29) is 5.91 Å². The molecule has 5 heteroatoms. The van der Waals surface area contributed by atoms with Crippen LogP contribution in [0.1, 0.15) is 21.6 Å². The molecule has 2 aromatic rings. The van der Waals surface area contributed by atoms with Gasteiger partial charge >= 0.3 is 0 Å². The Morgan fingerprint density at radius 2 is 2.00 bits per heavy atom. The highest BCUT2D eigenvalue weighted by Gasteiger charge is 2.10. The molecule has 0 radical (unpaired) electrons. The van der Waals surface area contributed by atoms with E-state index >= 15 is 0 Å². The Morgan fingerprint density at radius 1 is 1.24 bits per heavy atom. The summed E-state index contributed by atoms with van der Waals surface area (Å²) >= 11 is 0. The number of benzene rings is 1. The summed E-state index contributed by atoms with van der Waals surface area (Å²) in [4.78, 5) is 16.1. The third-order valence-electron chi connectivity index (χ3n) is 3.26. The van der Waals surface area contributed by atoms with Crippen molar-refractivity contribution in [2.75, 3.05) is 19.5 Å². The third-order valence-corrected chi connectivity index (χ3v) is 3.26. The molecule has 1 aromatic carbocycles. The number of nitrogens with zero attached hydrogens (tertiary/aromatic N) is 1. The molecule has 2 N–H and O–H groups in total. The topological polar surface area (TPSA) is 63.2 Å². The zero-order valence-corrected chi connectivity index (χ0v) is 12.4. The van der Waals surface area contributed by atoms with Crippen LogP contribution < -0.4 is 15.4 Å². The van der Waals surface area contributed by atoms with Gasteiger partial charge in [-0.15, -0.1) is 0 Å². The summed E-state index contributed by atoms with van der Waals surface area (Å²) in [6, 6.07) is 11.2. The molecule has 0 aliphatic rings. The fraction of sp³-hybridized carbons (Fsp3) is 0.250. The van der Waals surface area contributed by atoms with E-state index in [4.69, 9.17) is 4.74 Å². The molecule has 110 valence electrons. The van der Waals surface area contributed by atoms with E-state index < -0.39 is 0 Å². The number of rotatable bonds is 5. The largest absolute Gasteiger partial charge is 0.481 e. The third kappa shape index (κ3) is 3.51. The van der Waals surface area contributed by atoms with Gasteiger partial charge in [-0.05, 0) is 30.7 Å². The SMILES string of the molecule is CNC(=O)c1cccc(NCc2cccc(OC)n2)c1C. The van der Waals surface area contributed by atoms with Crippen LogP contribution in [0.4, 0.5) is 5.69 Å². The van der Waals surface area contributed by atoms with Crippen LogP contribution in [0, 0.1) is 6.92 Å². The fourth-order valence-electron chi connectivity index (χ4n) is 2.06. The summed E-state index contributed by atoms with van der Waals surface area (Å²) in [5, 5.41) is 5.94. The molecule has 1 heterocycles. The molecule has 0 unspecified atom stereocenters. The lowest BCUT2D eigenvalue weighted by atomic mass is 10.1. The number of anilines is 1. The number of nitrogens with one attached hydrogen (secondary N) is 2. The van der Waals surface area contributed by atoms with Crippen LogP contribution in [0.25, 0.3) is 0 Å². The Balaban J connectivity index is 2.14. The first-order chi connectivity index (χ1) is 10.2. The first kappa shape index (κ1) is 14.8. The highest BCUT2D eigenvalue weighted by atomic mass is 16.5. The molecule has 5 nitrogen and oxygen atoms in total. The van der Waals surface area contributed by atoms with Gasteiger partial charge in [0.1, 0.15) is 0 Å². The summed E-state index contributed by atoms with van der Waals surface area (Å²) in [6.45, 7) is 2.49. The number of carbonyl (C=O) groups excluding carboxylic acids is 1. The maximum atomic E-state index is 11.8. The first-order valence-electron chi connectivity index (χ1n) is 6.71. The van der Waals surface area contributed by atoms with Gasteiger partial charge in [-0.1, -0.05) is 12.1 Å². The van der Waals surface area contributed by atoms with Crippen LogP contribution in [0.3, 0.4) is 0 Å². The standard InChI is InChI=1S/C16H19N3O2/c1-11-13(16(20)17-2)7-5-8-14(11)18-10-12-6-4-9-15(19-12)21-3/h4-9,18H,10H2,1-3H3,(H,17,20). The van der Waals surface area contributed by atoms with E-state index in [1.54, 1.807) is 20.2 Å². The van der Waals surface area contributed by atoms with Crippen LogP contribution >= 0.6 is 0 Å². The summed E-state index contributed by atoms with van der Waals surface area (Å²) < 4.78 is 5.10. The summed E-state index contributed by atoms with van der Waals surface area (Å²) in [7, 11) is 3.22. The Kier molecular flexibility index (Phi) is 4.77. The number of methoxy groups -OCH3 is 1. The van der Waals surface area contributed by atoms with E-state index in [9.17, 15) is 4.79 Å². The highest BCUT2D eigenvalue weighted by molar-refractivity contribution is 5.96. The van der Waals surface area contributed by atoms with Crippen LogP contribution in [-0.2, 0) is 6.54 Å². The van der Waals surface area contributed by atoms with Crippen molar-refractivity contribution in [2.45, 2.75) is 13.5 Å². The number of hydrogen-bond donors (Lipinski definition) is 2. The van der Waals surface area contributed by atoms with E-state index in [0.29, 0.717) is 18.0 Å². The normalized spacial score (nSPS) is 10.0. The monoisotopic (exact) mass is 285 g/mol. The molecule has 0 aliphatic heterocycles. The van der Waals surface area contributed by atoms with Crippen LogP contribution in [0.15, 0.2) is 36.4 Å². The molecule has 2 rings (SSSR count). The minimum absolute atomic E-state index is 0.0874. The predicted molar refractivity (Wildman–Crippen MR) is 82.7 cm³/mol. The molecule has 21 heavy (non-hydrogen) atoms. The van der Waals surface area contributed by atoms with Crippen molar-refractivity contribution in [3.8, 4) is 5.88 Å². The molecule has 0 bridgehead atoms. The molecular weight excluding hydrogens is 266 g/mol.